The van der Waals surface area contributed by atoms with Gasteiger partial charge in [0.2, 0.25) is 5.82 Å². The molecule has 0 amide bonds. The number of ether oxygens (including phenoxy) is 1. The highest BCUT2D eigenvalue weighted by atomic mass is 19.4. The van der Waals surface area contributed by atoms with Gasteiger partial charge in [0.25, 0.3) is 5.89 Å². The number of rotatable bonds is 10. The Morgan fingerprint density at radius 1 is 1.15 bits per heavy atom. The second kappa shape index (κ2) is 10.5. The van der Waals surface area contributed by atoms with E-state index in [0.717, 1.165) is 18.4 Å². The van der Waals surface area contributed by atoms with Gasteiger partial charge in [-0.05, 0) is 31.3 Å². The minimum absolute atomic E-state index is 0.00364. The molecule has 176 valence electrons. The van der Waals surface area contributed by atoms with Crippen molar-refractivity contribution in [1.82, 2.24) is 15.0 Å². The summed E-state index contributed by atoms with van der Waals surface area (Å²) in [5.41, 5.74) is -0.458. The monoisotopic (exact) mass is 469 g/mol. The van der Waals surface area contributed by atoms with E-state index in [2.05, 4.69) is 10.1 Å². The van der Waals surface area contributed by atoms with E-state index in [1.165, 1.54) is 18.2 Å². The maximum absolute atomic E-state index is 14.5. The lowest BCUT2D eigenvalue weighted by Crippen LogP contribution is -2.20. The predicted octanol–water partition coefficient (Wildman–Crippen LogP) is 4.93. The molecule has 0 saturated carbocycles. The Morgan fingerprint density at radius 3 is 2.58 bits per heavy atom. The number of halogens is 5. The van der Waals surface area contributed by atoms with Gasteiger partial charge in [-0.15, -0.1) is 0 Å². The molecule has 0 N–H and O–H groups in total. The van der Waals surface area contributed by atoms with Crippen molar-refractivity contribution in [2.45, 2.75) is 19.1 Å². The van der Waals surface area contributed by atoms with E-state index in [9.17, 15) is 26.7 Å². The fourth-order valence-corrected chi connectivity index (χ4v) is 3.07. The van der Waals surface area contributed by atoms with Crippen LogP contribution in [0.25, 0.3) is 22.8 Å². The van der Waals surface area contributed by atoms with Crippen LogP contribution in [0.15, 0.2) is 40.9 Å². The zero-order valence-electron chi connectivity index (χ0n) is 17.5. The van der Waals surface area contributed by atoms with Crippen LogP contribution in [0.2, 0.25) is 0 Å². The first-order valence-electron chi connectivity index (χ1n) is 9.88. The number of benzene rings is 2. The first-order valence-corrected chi connectivity index (χ1v) is 9.88. The first kappa shape index (κ1) is 24.3. The smallest absolute Gasteiger partial charge is 0.419 e. The molecule has 3 rings (SSSR count). The molecule has 0 bridgehead atoms. The number of aromatic nitrogens is 2. The van der Waals surface area contributed by atoms with Gasteiger partial charge in [0.1, 0.15) is 31.1 Å². The molecule has 3 aromatic rings. The fraction of sp³-hybridized carbons (Fsp3) is 0.318. The third-order valence-electron chi connectivity index (χ3n) is 4.67. The molecule has 6 nitrogen and oxygen atoms in total. The molecule has 0 spiro atoms. The number of aldehydes is 1. The number of hydrogen-bond donors (Lipinski definition) is 0. The Bertz CT molecular complexity index is 1100. The average molecular weight is 469 g/mol. The van der Waals surface area contributed by atoms with E-state index in [1.54, 1.807) is 18.0 Å². The largest absolute Gasteiger partial charge is 0.490 e. The maximum atomic E-state index is 14.5. The minimum atomic E-state index is -4.75. The zero-order chi connectivity index (χ0) is 24.0. The maximum Gasteiger partial charge on any atom is 0.419 e. The summed E-state index contributed by atoms with van der Waals surface area (Å²) in [5.74, 6) is -1.24. The van der Waals surface area contributed by atoms with Gasteiger partial charge in [0.05, 0.1) is 5.56 Å². The van der Waals surface area contributed by atoms with Crippen LogP contribution in [0.1, 0.15) is 17.5 Å². The van der Waals surface area contributed by atoms with E-state index >= 15 is 0 Å². The third kappa shape index (κ3) is 6.13. The van der Waals surface area contributed by atoms with Crippen LogP contribution in [-0.4, -0.2) is 48.2 Å². The SMILES string of the molecule is CN(CCC=O)Cc1ccc(-c2noc(-c3ccc(OCCF)c(C(F)(F)F)c3)n2)cc1F. The topological polar surface area (TPSA) is 68.5 Å². The van der Waals surface area contributed by atoms with Gasteiger partial charge in [-0.1, -0.05) is 17.3 Å². The first-order chi connectivity index (χ1) is 15.7. The fourth-order valence-electron chi connectivity index (χ4n) is 3.07. The van der Waals surface area contributed by atoms with Crippen molar-refractivity contribution in [3.8, 4) is 28.6 Å². The average Bonchev–Trinajstić information content (AvgIpc) is 3.27. The van der Waals surface area contributed by atoms with E-state index in [4.69, 9.17) is 9.26 Å². The van der Waals surface area contributed by atoms with Crippen LogP contribution in [0.4, 0.5) is 22.0 Å². The van der Waals surface area contributed by atoms with Gasteiger partial charge in [0, 0.05) is 36.2 Å². The molecule has 0 aliphatic heterocycles. The molecule has 0 radical (unpaired) electrons. The normalized spacial score (nSPS) is 11.7. The highest BCUT2D eigenvalue weighted by Gasteiger charge is 2.35. The molecule has 1 heterocycles. The molecule has 0 unspecified atom stereocenters. The second-order valence-corrected chi connectivity index (χ2v) is 7.17. The molecule has 0 aliphatic rings. The molecule has 0 saturated heterocycles. The summed E-state index contributed by atoms with van der Waals surface area (Å²) in [5, 5.41) is 3.73. The molecular formula is C22H20F5N3O3. The van der Waals surface area contributed by atoms with Crippen LogP contribution in [0.5, 0.6) is 5.75 Å². The van der Waals surface area contributed by atoms with Crippen molar-refractivity contribution in [3.05, 3.63) is 53.3 Å². The molecule has 2 aromatic carbocycles. The quantitative estimate of drug-likeness (QED) is 0.310. The number of alkyl halides is 4. The minimum Gasteiger partial charge on any atom is -0.490 e. The van der Waals surface area contributed by atoms with Crippen molar-refractivity contribution in [1.29, 1.82) is 0 Å². The summed E-state index contributed by atoms with van der Waals surface area (Å²) in [6.45, 7) is -0.678. The lowest BCUT2D eigenvalue weighted by Gasteiger charge is -2.15. The number of carbonyl (C=O) groups excluding carboxylic acids is 1. The summed E-state index contributed by atoms with van der Waals surface area (Å²) in [6, 6.07) is 7.40. The second-order valence-electron chi connectivity index (χ2n) is 7.17. The molecule has 0 aliphatic carbocycles. The Morgan fingerprint density at radius 2 is 1.91 bits per heavy atom. The molecule has 0 fully saturated rings. The Balaban J connectivity index is 1.83. The summed E-state index contributed by atoms with van der Waals surface area (Å²) >= 11 is 0. The Hall–Kier alpha value is -3.34. The van der Waals surface area contributed by atoms with Crippen LogP contribution in [0, 0.1) is 5.82 Å². The predicted molar refractivity (Wildman–Crippen MR) is 109 cm³/mol. The van der Waals surface area contributed by atoms with Gasteiger partial charge in [-0.25, -0.2) is 8.78 Å². The van der Waals surface area contributed by atoms with E-state index < -0.39 is 36.6 Å². The van der Waals surface area contributed by atoms with Crippen LogP contribution in [-0.2, 0) is 17.5 Å². The molecule has 33 heavy (non-hydrogen) atoms. The Labute approximate surface area is 186 Å². The summed E-state index contributed by atoms with van der Waals surface area (Å²) in [4.78, 5) is 16.3. The lowest BCUT2D eigenvalue weighted by atomic mass is 10.1. The van der Waals surface area contributed by atoms with Crippen molar-refractivity contribution in [2.75, 3.05) is 26.9 Å². The summed E-state index contributed by atoms with van der Waals surface area (Å²) < 4.78 is 76.9. The van der Waals surface area contributed by atoms with Gasteiger partial charge >= 0.3 is 6.18 Å². The van der Waals surface area contributed by atoms with Crippen LogP contribution < -0.4 is 4.74 Å². The number of nitrogens with zero attached hydrogens (tertiary/aromatic N) is 3. The van der Waals surface area contributed by atoms with Gasteiger partial charge in [-0.2, -0.15) is 18.2 Å². The highest BCUT2D eigenvalue weighted by Crippen LogP contribution is 2.39. The highest BCUT2D eigenvalue weighted by molar-refractivity contribution is 5.62. The van der Waals surface area contributed by atoms with E-state index in [1.807, 2.05) is 0 Å². The molecular weight excluding hydrogens is 449 g/mol. The number of carbonyl (C=O) groups is 1. The summed E-state index contributed by atoms with van der Waals surface area (Å²) in [7, 11) is 1.76. The lowest BCUT2D eigenvalue weighted by molar-refractivity contribution is -0.139. The van der Waals surface area contributed by atoms with Crippen molar-refractivity contribution >= 4 is 6.29 Å². The molecule has 1 aromatic heterocycles. The molecule has 11 heteroatoms. The van der Waals surface area contributed by atoms with Crippen molar-refractivity contribution in [2.24, 2.45) is 0 Å². The van der Waals surface area contributed by atoms with E-state index in [-0.39, 0.29) is 29.4 Å². The van der Waals surface area contributed by atoms with Gasteiger partial charge < -0.3 is 19.0 Å². The van der Waals surface area contributed by atoms with Gasteiger partial charge in [0.15, 0.2) is 0 Å². The van der Waals surface area contributed by atoms with Gasteiger partial charge in [-0.3, -0.25) is 0 Å². The molecule has 0 atom stereocenters. The van der Waals surface area contributed by atoms with E-state index in [0.29, 0.717) is 18.5 Å². The Kier molecular flexibility index (Phi) is 7.75. The van der Waals surface area contributed by atoms with Crippen LogP contribution >= 0.6 is 0 Å². The third-order valence-corrected chi connectivity index (χ3v) is 4.67. The standard InChI is InChI=1S/C22H20F5N3O3/c1-30(8-2-9-31)13-16-4-3-14(12-18(16)24)20-28-21(33-29-20)15-5-6-19(32-10-7-23)17(11-15)22(25,26)27/h3-6,9,11-12H,2,7-8,10,13H2,1H3. The number of hydrogen-bond acceptors (Lipinski definition) is 6. The van der Waals surface area contributed by atoms with Crippen molar-refractivity contribution < 1.29 is 36.0 Å². The van der Waals surface area contributed by atoms with Crippen LogP contribution in [0.3, 0.4) is 0 Å². The zero-order valence-corrected chi connectivity index (χ0v) is 17.5. The van der Waals surface area contributed by atoms with Crippen molar-refractivity contribution in [3.63, 3.8) is 0 Å². The summed E-state index contributed by atoms with van der Waals surface area (Å²) in [6.07, 6.45) is -3.63.